The van der Waals surface area contributed by atoms with Crippen LogP contribution in [0, 0.1) is 0 Å². The van der Waals surface area contributed by atoms with Crippen molar-refractivity contribution in [2.75, 3.05) is 40.0 Å². The van der Waals surface area contributed by atoms with E-state index in [1.54, 1.807) is 12.0 Å². The van der Waals surface area contributed by atoms with Crippen LogP contribution in [-0.4, -0.2) is 62.9 Å². The number of ether oxygens (including phenoxy) is 2. The molecule has 0 unspecified atom stereocenters. The highest BCUT2D eigenvalue weighted by Crippen LogP contribution is 2.05. The maximum Gasteiger partial charge on any atom is 0.315 e. The first kappa shape index (κ1) is 17.2. The third-order valence-electron chi connectivity index (χ3n) is 3.57. The van der Waals surface area contributed by atoms with E-state index in [1.807, 2.05) is 30.3 Å². The SMILES string of the molecule is COCCN1C[C@H](CNC(=O)NCc2ccccc2)OCC1=O. The van der Waals surface area contributed by atoms with Crippen molar-refractivity contribution in [1.29, 1.82) is 0 Å². The number of methoxy groups -OCH3 is 1. The van der Waals surface area contributed by atoms with Gasteiger partial charge in [-0.05, 0) is 5.56 Å². The molecule has 1 aliphatic rings. The molecule has 1 aliphatic heterocycles. The Labute approximate surface area is 135 Å². The summed E-state index contributed by atoms with van der Waals surface area (Å²) >= 11 is 0. The minimum absolute atomic E-state index is 0.0433. The van der Waals surface area contributed by atoms with Crippen molar-refractivity contribution in [2.24, 2.45) is 0 Å². The van der Waals surface area contributed by atoms with Gasteiger partial charge in [-0.3, -0.25) is 4.79 Å². The van der Waals surface area contributed by atoms with Gasteiger partial charge in [0.15, 0.2) is 0 Å². The van der Waals surface area contributed by atoms with Crippen LogP contribution >= 0.6 is 0 Å². The van der Waals surface area contributed by atoms with Gasteiger partial charge in [0, 0.05) is 33.3 Å². The van der Waals surface area contributed by atoms with E-state index in [1.165, 1.54) is 0 Å². The maximum atomic E-state index is 11.8. The molecule has 7 heteroatoms. The van der Waals surface area contributed by atoms with E-state index in [0.29, 0.717) is 32.8 Å². The van der Waals surface area contributed by atoms with E-state index < -0.39 is 0 Å². The second kappa shape index (κ2) is 9.12. The van der Waals surface area contributed by atoms with Crippen LogP contribution in [-0.2, 0) is 20.8 Å². The van der Waals surface area contributed by atoms with Crippen molar-refractivity contribution in [3.8, 4) is 0 Å². The predicted molar refractivity (Wildman–Crippen MR) is 84.9 cm³/mol. The molecule has 2 rings (SSSR count). The molecule has 1 saturated heterocycles. The Kier molecular flexibility index (Phi) is 6.83. The number of benzene rings is 1. The van der Waals surface area contributed by atoms with Crippen molar-refractivity contribution >= 4 is 11.9 Å². The predicted octanol–water partition coefficient (Wildman–Crippen LogP) is 0.360. The highest BCUT2D eigenvalue weighted by Gasteiger charge is 2.26. The minimum atomic E-state index is -0.252. The molecule has 23 heavy (non-hydrogen) atoms. The number of amides is 3. The van der Waals surface area contributed by atoms with Crippen molar-refractivity contribution in [3.63, 3.8) is 0 Å². The largest absolute Gasteiger partial charge is 0.383 e. The molecule has 0 radical (unpaired) electrons. The first-order valence-corrected chi connectivity index (χ1v) is 7.63. The zero-order valence-electron chi connectivity index (χ0n) is 13.3. The summed E-state index contributed by atoms with van der Waals surface area (Å²) in [4.78, 5) is 25.2. The van der Waals surface area contributed by atoms with Gasteiger partial charge in [0.05, 0.1) is 12.7 Å². The fraction of sp³-hybridized carbons (Fsp3) is 0.500. The molecule has 0 aliphatic carbocycles. The lowest BCUT2D eigenvalue weighted by Crippen LogP contribution is -2.52. The van der Waals surface area contributed by atoms with Gasteiger partial charge >= 0.3 is 6.03 Å². The second-order valence-electron chi connectivity index (χ2n) is 5.31. The van der Waals surface area contributed by atoms with Crippen LogP contribution in [0.15, 0.2) is 30.3 Å². The van der Waals surface area contributed by atoms with Crippen LogP contribution in [0.25, 0.3) is 0 Å². The smallest absolute Gasteiger partial charge is 0.315 e. The Bertz CT molecular complexity index is 509. The number of hydrogen-bond donors (Lipinski definition) is 2. The molecule has 7 nitrogen and oxygen atoms in total. The Balaban J connectivity index is 1.68. The number of morpholine rings is 1. The number of hydrogen-bond acceptors (Lipinski definition) is 4. The molecular formula is C16H23N3O4. The fourth-order valence-corrected chi connectivity index (χ4v) is 2.27. The monoisotopic (exact) mass is 321 g/mol. The van der Waals surface area contributed by atoms with Gasteiger partial charge in [-0.1, -0.05) is 30.3 Å². The minimum Gasteiger partial charge on any atom is -0.383 e. The molecule has 3 amide bonds. The van der Waals surface area contributed by atoms with E-state index in [4.69, 9.17) is 9.47 Å². The molecule has 0 aromatic heterocycles. The van der Waals surface area contributed by atoms with E-state index in [0.717, 1.165) is 5.56 Å². The summed E-state index contributed by atoms with van der Waals surface area (Å²) in [6.45, 7) is 2.36. The van der Waals surface area contributed by atoms with Crippen molar-refractivity contribution in [3.05, 3.63) is 35.9 Å². The molecule has 126 valence electrons. The Morgan fingerprint density at radius 3 is 2.87 bits per heavy atom. The Morgan fingerprint density at radius 1 is 1.35 bits per heavy atom. The molecule has 1 aromatic carbocycles. The molecular weight excluding hydrogens is 298 g/mol. The van der Waals surface area contributed by atoms with Crippen LogP contribution in [0.3, 0.4) is 0 Å². The molecule has 1 fully saturated rings. The summed E-state index contributed by atoms with van der Waals surface area (Å²) in [5, 5.41) is 5.56. The molecule has 1 atom stereocenters. The number of nitrogens with one attached hydrogen (secondary N) is 2. The number of nitrogens with zero attached hydrogens (tertiary/aromatic N) is 1. The normalized spacial score (nSPS) is 17.9. The Morgan fingerprint density at radius 2 is 2.13 bits per heavy atom. The van der Waals surface area contributed by atoms with Gasteiger partial charge < -0.3 is 25.0 Å². The van der Waals surface area contributed by atoms with E-state index in [2.05, 4.69) is 10.6 Å². The summed E-state index contributed by atoms with van der Waals surface area (Å²) in [6, 6.07) is 9.43. The third-order valence-corrected chi connectivity index (χ3v) is 3.57. The van der Waals surface area contributed by atoms with Crippen LogP contribution in [0.2, 0.25) is 0 Å². The summed E-state index contributed by atoms with van der Waals surface area (Å²) < 4.78 is 10.4. The quantitative estimate of drug-likeness (QED) is 0.760. The topological polar surface area (TPSA) is 79.9 Å². The summed E-state index contributed by atoms with van der Waals surface area (Å²) in [5.41, 5.74) is 1.04. The van der Waals surface area contributed by atoms with Crippen LogP contribution in [0.1, 0.15) is 5.56 Å². The van der Waals surface area contributed by atoms with E-state index >= 15 is 0 Å². The van der Waals surface area contributed by atoms with Gasteiger partial charge in [0.25, 0.3) is 0 Å². The number of carbonyl (C=O) groups is 2. The number of rotatable bonds is 7. The standard InChI is InChI=1S/C16H23N3O4/c1-22-8-7-19-11-14(23-12-15(19)20)10-18-16(21)17-9-13-5-3-2-4-6-13/h2-6,14H,7-12H2,1H3,(H2,17,18,21)/t14-/m0/s1. The molecule has 0 spiro atoms. The average Bonchev–Trinajstić information content (AvgIpc) is 2.59. The molecule has 0 bridgehead atoms. The number of urea groups is 1. The first-order chi connectivity index (χ1) is 11.2. The lowest BCUT2D eigenvalue weighted by molar-refractivity contribution is -0.149. The van der Waals surface area contributed by atoms with Crippen LogP contribution in [0.5, 0.6) is 0 Å². The highest BCUT2D eigenvalue weighted by molar-refractivity contribution is 5.78. The van der Waals surface area contributed by atoms with Crippen LogP contribution < -0.4 is 10.6 Å². The molecule has 2 N–H and O–H groups in total. The molecule has 1 aromatic rings. The highest BCUT2D eigenvalue weighted by atomic mass is 16.5. The van der Waals surface area contributed by atoms with Crippen molar-refractivity contribution in [1.82, 2.24) is 15.5 Å². The fourth-order valence-electron chi connectivity index (χ4n) is 2.27. The lowest BCUT2D eigenvalue weighted by atomic mass is 10.2. The first-order valence-electron chi connectivity index (χ1n) is 7.63. The Hall–Kier alpha value is -2.12. The van der Waals surface area contributed by atoms with Gasteiger partial charge in [0.2, 0.25) is 5.91 Å². The molecule has 1 heterocycles. The third kappa shape index (κ3) is 5.88. The van der Waals surface area contributed by atoms with E-state index in [-0.39, 0.29) is 24.6 Å². The van der Waals surface area contributed by atoms with Gasteiger partial charge in [-0.25, -0.2) is 4.79 Å². The summed E-state index contributed by atoms with van der Waals surface area (Å²) in [7, 11) is 1.60. The second-order valence-corrected chi connectivity index (χ2v) is 5.31. The number of carbonyl (C=O) groups excluding carboxylic acids is 2. The zero-order valence-corrected chi connectivity index (χ0v) is 13.3. The van der Waals surface area contributed by atoms with Gasteiger partial charge in [-0.2, -0.15) is 0 Å². The van der Waals surface area contributed by atoms with Gasteiger partial charge in [-0.15, -0.1) is 0 Å². The summed E-state index contributed by atoms with van der Waals surface area (Å²) in [6.07, 6.45) is -0.202. The van der Waals surface area contributed by atoms with Crippen molar-refractivity contribution in [2.45, 2.75) is 12.6 Å². The molecule has 0 saturated carbocycles. The maximum absolute atomic E-state index is 11.8. The zero-order chi connectivity index (χ0) is 16.5. The van der Waals surface area contributed by atoms with E-state index in [9.17, 15) is 9.59 Å². The van der Waals surface area contributed by atoms with Crippen LogP contribution in [0.4, 0.5) is 4.79 Å². The summed E-state index contributed by atoms with van der Waals surface area (Å²) in [5.74, 6) is -0.0492. The van der Waals surface area contributed by atoms with Gasteiger partial charge in [0.1, 0.15) is 6.61 Å². The average molecular weight is 321 g/mol. The van der Waals surface area contributed by atoms with Crippen molar-refractivity contribution < 1.29 is 19.1 Å². The lowest BCUT2D eigenvalue weighted by Gasteiger charge is -2.32.